The zero-order chi connectivity index (χ0) is 18.1. The van der Waals surface area contributed by atoms with Crippen molar-refractivity contribution in [3.8, 4) is 0 Å². The van der Waals surface area contributed by atoms with Gasteiger partial charge in [0.25, 0.3) is 0 Å². The van der Waals surface area contributed by atoms with Crippen molar-refractivity contribution < 1.29 is 19.5 Å². The Hall–Kier alpha value is -2.22. The Bertz CT molecular complexity index is 677. The van der Waals surface area contributed by atoms with Crippen LogP contribution < -0.4 is 10.6 Å². The van der Waals surface area contributed by atoms with E-state index in [0.717, 1.165) is 9.80 Å². The maximum absolute atomic E-state index is 12.6. The van der Waals surface area contributed by atoms with E-state index in [2.05, 4.69) is 10.6 Å². The molecule has 0 unspecified atom stereocenters. The van der Waals surface area contributed by atoms with Crippen molar-refractivity contribution in [2.45, 2.75) is 42.5 Å². The molecule has 1 aliphatic rings. The van der Waals surface area contributed by atoms with Gasteiger partial charge in [0.15, 0.2) is 0 Å². The number of carbonyl (C=O) groups is 3. The van der Waals surface area contributed by atoms with Crippen molar-refractivity contribution in [1.82, 2.24) is 10.2 Å². The van der Waals surface area contributed by atoms with Gasteiger partial charge in [0.1, 0.15) is 12.1 Å². The van der Waals surface area contributed by atoms with Gasteiger partial charge in [0.05, 0.1) is 5.69 Å². The predicted molar refractivity (Wildman–Crippen MR) is 92.2 cm³/mol. The van der Waals surface area contributed by atoms with Crippen molar-refractivity contribution in [2.24, 2.45) is 0 Å². The molecule has 1 aliphatic heterocycles. The molecule has 0 radical (unpaired) electrons. The Morgan fingerprint density at radius 1 is 1.38 bits per heavy atom. The molecule has 2 atom stereocenters. The molecular formula is C16H21N3O4S. The molecule has 2 rings (SSSR count). The van der Waals surface area contributed by atoms with E-state index in [1.54, 1.807) is 6.07 Å². The SMILES string of the molecule is C[C@@H](C(=O)N[C@H]1C(=O)Nc2ccccc2SC1(C)C)N(C)C(=O)O. The third kappa shape index (κ3) is 3.64. The highest BCUT2D eigenvalue weighted by Crippen LogP contribution is 2.41. The molecule has 0 fully saturated rings. The Kier molecular flexibility index (Phi) is 5.08. The van der Waals surface area contributed by atoms with Gasteiger partial charge >= 0.3 is 6.09 Å². The van der Waals surface area contributed by atoms with Crippen molar-refractivity contribution in [2.75, 3.05) is 12.4 Å². The number of likely N-dealkylation sites (N-methyl/N-ethyl adjacent to an activating group) is 1. The lowest BCUT2D eigenvalue weighted by molar-refractivity contribution is -0.129. The van der Waals surface area contributed by atoms with Gasteiger partial charge in [0.2, 0.25) is 11.8 Å². The molecule has 1 heterocycles. The first kappa shape index (κ1) is 18.1. The summed E-state index contributed by atoms with van der Waals surface area (Å²) in [6.45, 7) is 5.22. The lowest BCUT2D eigenvalue weighted by Crippen LogP contribution is -2.57. The molecule has 130 valence electrons. The van der Waals surface area contributed by atoms with Crippen molar-refractivity contribution in [3.63, 3.8) is 0 Å². The molecule has 3 N–H and O–H groups in total. The summed E-state index contributed by atoms with van der Waals surface area (Å²) in [5.74, 6) is -0.837. The number of anilines is 1. The van der Waals surface area contributed by atoms with Crippen LogP contribution >= 0.6 is 11.8 Å². The van der Waals surface area contributed by atoms with E-state index >= 15 is 0 Å². The second-order valence-electron chi connectivity index (χ2n) is 6.20. The zero-order valence-electron chi connectivity index (χ0n) is 14.0. The van der Waals surface area contributed by atoms with Crippen molar-refractivity contribution in [1.29, 1.82) is 0 Å². The van der Waals surface area contributed by atoms with E-state index < -0.39 is 28.8 Å². The molecule has 0 aromatic heterocycles. The topological polar surface area (TPSA) is 98.7 Å². The molecular weight excluding hydrogens is 330 g/mol. The smallest absolute Gasteiger partial charge is 0.407 e. The second kappa shape index (κ2) is 6.72. The standard InChI is InChI=1S/C16H21N3O4S/c1-9(19(4)15(22)23)13(20)18-12-14(21)17-10-7-5-6-8-11(10)24-16(12,2)3/h5-9,12H,1-4H3,(H,17,21)(H,18,20)(H,22,23)/t9-,12-/m0/s1. The summed E-state index contributed by atoms with van der Waals surface area (Å²) in [6, 6.07) is 5.73. The second-order valence-corrected chi connectivity index (χ2v) is 7.90. The average Bonchev–Trinajstić information content (AvgIpc) is 2.60. The number of nitrogens with zero attached hydrogens (tertiary/aromatic N) is 1. The van der Waals surface area contributed by atoms with Gasteiger partial charge in [-0.1, -0.05) is 12.1 Å². The van der Waals surface area contributed by atoms with E-state index in [-0.39, 0.29) is 5.91 Å². The number of carboxylic acid groups (broad SMARTS) is 1. The first-order valence-corrected chi connectivity index (χ1v) is 8.30. The maximum atomic E-state index is 12.6. The average molecular weight is 351 g/mol. The summed E-state index contributed by atoms with van der Waals surface area (Å²) in [7, 11) is 1.31. The number of rotatable bonds is 3. The third-order valence-electron chi connectivity index (χ3n) is 4.02. The Morgan fingerprint density at radius 2 is 2.00 bits per heavy atom. The summed E-state index contributed by atoms with van der Waals surface area (Å²) in [5.41, 5.74) is 0.702. The van der Waals surface area contributed by atoms with Crippen LogP contribution in [0, 0.1) is 0 Å². The van der Waals surface area contributed by atoms with Crippen LogP contribution in [-0.2, 0) is 9.59 Å². The van der Waals surface area contributed by atoms with Crippen LogP contribution in [0.3, 0.4) is 0 Å². The van der Waals surface area contributed by atoms with E-state index in [9.17, 15) is 14.4 Å². The predicted octanol–water partition coefficient (Wildman–Crippen LogP) is 1.99. The molecule has 8 heteroatoms. The molecule has 1 aromatic rings. The molecule has 0 aliphatic carbocycles. The van der Waals surface area contributed by atoms with Gasteiger partial charge < -0.3 is 15.7 Å². The van der Waals surface area contributed by atoms with Gasteiger partial charge in [-0.15, -0.1) is 11.8 Å². The Labute approximate surface area is 144 Å². The normalized spacial score (nSPS) is 20.2. The van der Waals surface area contributed by atoms with Crippen LogP contribution in [0.4, 0.5) is 10.5 Å². The largest absolute Gasteiger partial charge is 0.465 e. The molecule has 0 saturated heterocycles. The zero-order valence-corrected chi connectivity index (χ0v) is 14.8. The van der Waals surface area contributed by atoms with Gasteiger partial charge in [-0.25, -0.2) is 4.79 Å². The molecule has 3 amide bonds. The van der Waals surface area contributed by atoms with Gasteiger partial charge in [0, 0.05) is 16.7 Å². The number of nitrogens with one attached hydrogen (secondary N) is 2. The molecule has 7 nitrogen and oxygen atoms in total. The number of hydrogen-bond donors (Lipinski definition) is 3. The summed E-state index contributed by atoms with van der Waals surface area (Å²) in [4.78, 5) is 37.8. The molecule has 1 aromatic carbocycles. The van der Waals surface area contributed by atoms with Crippen molar-refractivity contribution >= 4 is 35.4 Å². The number of amides is 3. The monoisotopic (exact) mass is 351 g/mol. The summed E-state index contributed by atoms with van der Waals surface area (Å²) >= 11 is 1.49. The lowest BCUT2D eigenvalue weighted by atomic mass is 10.0. The third-order valence-corrected chi connectivity index (χ3v) is 5.36. The van der Waals surface area contributed by atoms with Crippen LogP contribution in [0.1, 0.15) is 20.8 Å². The van der Waals surface area contributed by atoms with E-state index in [0.29, 0.717) is 5.69 Å². The number of benzene rings is 1. The van der Waals surface area contributed by atoms with Crippen LogP contribution in [-0.4, -0.2) is 51.8 Å². The van der Waals surface area contributed by atoms with E-state index in [1.807, 2.05) is 32.0 Å². The first-order chi connectivity index (χ1) is 11.1. The minimum absolute atomic E-state index is 0.323. The highest BCUT2D eigenvalue weighted by molar-refractivity contribution is 8.01. The summed E-state index contributed by atoms with van der Waals surface area (Å²) < 4.78 is -0.603. The highest BCUT2D eigenvalue weighted by atomic mass is 32.2. The number of fused-ring (bicyclic) bond motifs is 1. The van der Waals surface area contributed by atoms with Crippen LogP contribution in [0.2, 0.25) is 0 Å². The van der Waals surface area contributed by atoms with Gasteiger partial charge in [-0.2, -0.15) is 0 Å². The summed E-state index contributed by atoms with van der Waals surface area (Å²) in [5, 5.41) is 14.5. The number of hydrogen-bond acceptors (Lipinski definition) is 4. The fraction of sp³-hybridized carbons (Fsp3) is 0.438. The summed E-state index contributed by atoms with van der Waals surface area (Å²) in [6.07, 6.45) is -1.20. The molecule has 0 saturated carbocycles. The van der Waals surface area contributed by atoms with Crippen LogP contribution in [0.25, 0.3) is 0 Å². The fourth-order valence-corrected chi connectivity index (χ4v) is 3.59. The minimum atomic E-state index is -1.20. The lowest BCUT2D eigenvalue weighted by Gasteiger charge is -2.32. The Morgan fingerprint density at radius 3 is 2.62 bits per heavy atom. The van der Waals surface area contributed by atoms with Gasteiger partial charge in [-0.3, -0.25) is 14.5 Å². The quantitative estimate of drug-likeness (QED) is 0.773. The molecule has 0 spiro atoms. The van der Waals surface area contributed by atoms with E-state index in [1.165, 1.54) is 25.7 Å². The first-order valence-electron chi connectivity index (χ1n) is 7.48. The maximum Gasteiger partial charge on any atom is 0.407 e. The van der Waals surface area contributed by atoms with E-state index in [4.69, 9.17) is 5.11 Å². The van der Waals surface area contributed by atoms with Crippen molar-refractivity contribution in [3.05, 3.63) is 24.3 Å². The molecule has 24 heavy (non-hydrogen) atoms. The fourth-order valence-electron chi connectivity index (χ4n) is 2.37. The number of thioether (sulfide) groups is 1. The van der Waals surface area contributed by atoms with Gasteiger partial charge in [-0.05, 0) is 32.9 Å². The highest BCUT2D eigenvalue weighted by Gasteiger charge is 2.41. The number of carbonyl (C=O) groups excluding carboxylic acids is 2. The number of para-hydroxylation sites is 1. The molecule has 0 bridgehead atoms. The minimum Gasteiger partial charge on any atom is -0.465 e. The van der Waals surface area contributed by atoms with Crippen LogP contribution in [0.15, 0.2) is 29.2 Å². The van der Waals surface area contributed by atoms with Crippen LogP contribution in [0.5, 0.6) is 0 Å². The Balaban J connectivity index is 2.22.